The lowest BCUT2D eigenvalue weighted by molar-refractivity contribution is -0.112. The number of pyridine rings is 2. The quantitative estimate of drug-likeness (QED) is 0.780. The van der Waals surface area contributed by atoms with Crippen molar-refractivity contribution in [3.05, 3.63) is 59.0 Å². The number of hydrogen-bond acceptors (Lipinski definition) is 6. The first-order chi connectivity index (χ1) is 14.4. The maximum absolute atomic E-state index is 14.3. The van der Waals surface area contributed by atoms with Crippen LogP contribution in [0.25, 0.3) is 0 Å². The Morgan fingerprint density at radius 3 is 2.70 bits per heavy atom. The zero-order valence-electron chi connectivity index (χ0n) is 17.1. The number of anilines is 2. The molecule has 0 bridgehead atoms. The highest BCUT2D eigenvalue weighted by Gasteiger charge is 2.37. The van der Waals surface area contributed by atoms with E-state index in [-0.39, 0.29) is 11.4 Å². The van der Waals surface area contributed by atoms with Gasteiger partial charge in [-0.2, -0.15) is 10.0 Å². The molecule has 0 aromatic carbocycles. The van der Waals surface area contributed by atoms with Gasteiger partial charge in [-0.3, -0.25) is 14.8 Å². The predicted octanol–water partition coefficient (Wildman–Crippen LogP) is 3.20. The van der Waals surface area contributed by atoms with Crippen molar-refractivity contribution in [3.8, 4) is 0 Å². The van der Waals surface area contributed by atoms with Crippen molar-refractivity contribution in [3.63, 3.8) is 0 Å². The van der Waals surface area contributed by atoms with Gasteiger partial charge < -0.3 is 16.0 Å². The molecule has 30 heavy (non-hydrogen) atoms. The van der Waals surface area contributed by atoms with Gasteiger partial charge in [0.15, 0.2) is 11.5 Å². The van der Waals surface area contributed by atoms with E-state index in [1.54, 1.807) is 12.4 Å². The van der Waals surface area contributed by atoms with Gasteiger partial charge in [-0.15, -0.1) is 0 Å². The van der Waals surface area contributed by atoms with E-state index in [2.05, 4.69) is 25.2 Å². The van der Waals surface area contributed by atoms with Crippen LogP contribution in [0.15, 0.2) is 52.5 Å². The number of aliphatic imine (C=N–C) groups is 1. The average molecular weight is 429 g/mol. The first-order valence-electron chi connectivity index (χ1n) is 9.82. The molecule has 2 aromatic rings. The largest absolute Gasteiger partial charge is 0.393 e. The maximum atomic E-state index is 14.3. The predicted molar refractivity (Wildman–Crippen MR) is 120 cm³/mol. The van der Waals surface area contributed by atoms with Gasteiger partial charge in [0.2, 0.25) is 0 Å². The molecule has 4 rings (SSSR count). The number of amides is 1. The summed E-state index contributed by atoms with van der Waals surface area (Å²) in [5, 5.41) is 3.70. The second kappa shape index (κ2) is 8.06. The van der Waals surface area contributed by atoms with Gasteiger partial charge in [0, 0.05) is 25.5 Å². The average Bonchev–Trinajstić information content (AvgIpc) is 2.99. The Hall–Kier alpha value is -2.94. The Kier molecular flexibility index (Phi) is 5.46. The lowest BCUT2D eigenvalue weighted by atomic mass is 10.1. The number of nitrogens with two attached hydrogens (primary N) is 1. The van der Waals surface area contributed by atoms with Gasteiger partial charge in [0.1, 0.15) is 10.7 Å². The Bertz CT molecular complexity index is 1050. The molecule has 9 heteroatoms. The SMILES string of the molecule is CS1(C)C(c2ncccc2F)=NC(C(=O)Nc2cnccc2N2CCCCC2)=C1N. The molecule has 2 aliphatic rings. The van der Waals surface area contributed by atoms with E-state index in [0.717, 1.165) is 31.6 Å². The second-order valence-corrected chi connectivity index (χ2v) is 11.2. The molecule has 1 fully saturated rings. The van der Waals surface area contributed by atoms with Crippen molar-refractivity contribution in [1.29, 1.82) is 0 Å². The molecule has 0 saturated carbocycles. The van der Waals surface area contributed by atoms with Crippen LogP contribution < -0.4 is 16.0 Å². The van der Waals surface area contributed by atoms with Crippen molar-refractivity contribution >= 4 is 32.4 Å². The van der Waals surface area contributed by atoms with Gasteiger partial charge in [-0.05, 0) is 50.0 Å². The number of hydrogen-bond donors (Lipinski definition) is 2. The summed E-state index contributed by atoms with van der Waals surface area (Å²) in [5.41, 5.74) is 8.14. The summed E-state index contributed by atoms with van der Waals surface area (Å²) >= 11 is 0. The third kappa shape index (κ3) is 3.65. The summed E-state index contributed by atoms with van der Waals surface area (Å²) in [7, 11) is -1.84. The van der Waals surface area contributed by atoms with E-state index in [1.165, 1.54) is 24.8 Å². The van der Waals surface area contributed by atoms with Crippen molar-refractivity contribution < 1.29 is 9.18 Å². The second-order valence-electron chi connectivity index (χ2n) is 7.69. The minimum absolute atomic E-state index is 0.114. The number of nitrogens with zero attached hydrogens (tertiary/aromatic N) is 4. The topological polar surface area (TPSA) is 96.5 Å². The van der Waals surface area contributed by atoms with Crippen molar-refractivity contribution in [2.75, 3.05) is 35.8 Å². The maximum Gasteiger partial charge on any atom is 0.277 e. The number of piperidine rings is 1. The third-order valence-corrected chi connectivity index (χ3v) is 7.94. The summed E-state index contributed by atoms with van der Waals surface area (Å²) in [6, 6.07) is 4.75. The van der Waals surface area contributed by atoms with E-state index in [9.17, 15) is 9.18 Å². The smallest absolute Gasteiger partial charge is 0.277 e. The van der Waals surface area contributed by atoms with Crippen LogP contribution in [-0.2, 0) is 4.79 Å². The first-order valence-corrected chi connectivity index (χ1v) is 12.3. The van der Waals surface area contributed by atoms with Crippen LogP contribution in [0, 0.1) is 5.82 Å². The van der Waals surface area contributed by atoms with E-state index in [0.29, 0.717) is 15.8 Å². The van der Waals surface area contributed by atoms with Gasteiger partial charge in [0.25, 0.3) is 5.91 Å². The Morgan fingerprint density at radius 2 is 1.97 bits per heavy atom. The number of carbonyl (C=O) groups excluding carboxylic acids is 1. The van der Waals surface area contributed by atoms with Gasteiger partial charge in [-0.1, -0.05) is 0 Å². The van der Waals surface area contributed by atoms with E-state index >= 15 is 0 Å². The fourth-order valence-corrected chi connectivity index (χ4v) is 5.48. The standard InChI is InChI=1S/C21H25FN6OS/c1-30(2)19(23)18(27-21(30)17-14(22)7-6-9-25-17)20(29)26-15-13-24-10-8-16(15)28-11-4-3-5-12-28/h6-10,13H,3-5,11-12,23H2,1-2H3,(H,26,29). The number of nitrogens with one attached hydrogen (secondary N) is 1. The van der Waals surface area contributed by atoms with Crippen LogP contribution in [0.2, 0.25) is 0 Å². The summed E-state index contributed by atoms with van der Waals surface area (Å²) < 4.78 is 14.3. The normalized spacial score (nSPS) is 19.4. The molecule has 0 radical (unpaired) electrons. The number of halogens is 1. The van der Waals surface area contributed by atoms with E-state index < -0.39 is 21.8 Å². The molecule has 0 aliphatic carbocycles. The van der Waals surface area contributed by atoms with Gasteiger partial charge in [0.05, 0.1) is 22.6 Å². The summed E-state index contributed by atoms with van der Waals surface area (Å²) in [6.45, 7) is 1.88. The molecule has 0 spiro atoms. The van der Waals surface area contributed by atoms with Crippen LogP contribution in [0.1, 0.15) is 25.0 Å². The molecule has 1 amide bonds. The van der Waals surface area contributed by atoms with E-state index in [4.69, 9.17) is 5.73 Å². The first kappa shape index (κ1) is 20.3. The molecule has 4 heterocycles. The van der Waals surface area contributed by atoms with Crippen molar-refractivity contribution in [2.24, 2.45) is 10.7 Å². The molecule has 0 unspecified atom stereocenters. The molecule has 7 nitrogen and oxygen atoms in total. The highest BCUT2D eigenvalue weighted by molar-refractivity contribution is 8.47. The number of aromatic nitrogens is 2. The lowest BCUT2D eigenvalue weighted by Gasteiger charge is -2.30. The van der Waals surface area contributed by atoms with Gasteiger partial charge in [-0.25, -0.2) is 9.38 Å². The van der Waals surface area contributed by atoms with Crippen LogP contribution in [0.5, 0.6) is 0 Å². The zero-order chi connectivity index (χ0) is 21.3. The highest BCUT2D eigenvalue weighted by Crippen LogP contribution is 2.55. The molecular formula is C21H25FN6OS. The highest BCUT2D eigenvalue weighted by atomic mass is 32.3. The van der Waals surface area contributed by atoms with Crippen LogP contribution in [0.3, 0.4) is 0 Å². The van der Waals surface area contributed by atoms with E-state index in [1.807, 2.05) is 18.6 Å². The minimum Gasteiger partial charge on any atom is -0.393 e. The van der Waals surface area contributed by atoms with Gasteiger partial charge >= 0.3 is 0 Å². The number of carbonyl (C=O) groups is 1. The van der Waals surface area contributed by atoms with Crippen molar-refractivity contribution in [2.45, 2.75) is 19.3 Å². The zero-order valence-corrected chi connectivity index (χ0v) is 17.9. The molecule has 3 N–H and O–H groups in total. The molecule has 2 aliphatic heterocycles. The summed E-state index contributed by atoms with van der Waals surface area (Å²) in [4.78, 5) is 28.1. The van der Waals surface area contributed by atoms with Crippen LogP contribution in [-0.4, -0.2) is 46.5 Å². The fourth-order valence-electron chi connectivity index (χ4n) is 3.69. The Labute approximate surface area is 176 Å². The van der Waals surface area contributed by atoms with Crippen molar-refractivity contribution in [1.82, 2.24) is 9.97 Å². The molecule has 1 saturated heterocycles. The molecule has 2 aromatic heterocycles. The Morgan fingerprint density at radius 1 is 1.20 bits per heavy atom. The number of rotatable bonds is 4. The van der Waals surface area contributed by atoms with Crippen LogP contribution in [0.4, 0.5) is 15.8 Å². The summed E-state index contributed by atoms with van der Waals surface area (Å²) in [6.07, 6.45) is 12.1. The molecular weight excluding hydrogens is 403 g/mol. The summed E-state index contributed by atoms with van der Waals surface area (Å²) in [5.74, 6) is -0.906. The van der Waals surface area contributed by atoms with Crippen LogP contribution >= 0.6 is 10.0 Å². The Balaban J connectivity index is 1.64. The monoisotopic (exact) mass is 428 g/mol. The molecule has 0 atom stereocenters. The lowest BCUT2D eigenvalue weighted by Crippen LogP contribution is -2.30. The minimum atomic E-state index is -1.84. The molecule has 158 valence electrons. The fraction of sp³-hybridized carbons (Fsp3) is 0.333. The third-order valence-electron chi connectivity index (χ3n) is 5.40.